The second kappa shape index (κ2) is 4.71. The highest BCUT2D eigenvalue weighted by Crippen LogP contribution is 2.60. The zero-order valence-corrected chi connectivity index (χ0v) is 12.8. The van der Waals surface area contributed by atoms with Crippen LogP contribution in [0.3, 0.4) is 0 Å². The average Bonchev–Trinajstić information content (AvgIpc) is 3.21. The van der Waals surface area contributed by atoms with E-state index < -0.39 is 34.3 Å². The summed E-state index contributed by atoms with van der Waals surface area (Å²) in [5.41, 5.74) is -1.18. The highest BCUT2D eigenvalue weighted by molar-refractivity contribution is 7.15. The van der Waals surface area contributed by atoms with Crippen LogP contribution in [-0.2, 0) is 20.6 Å². The van der Waals surface area contributed by atoms with Gasteiger partial charge in [-0.1, -0.05) is 23.5 Å². The topological polar surface area (TPSA) is 89.0 Å². The standard InChI is InChI=1S/C14H10F3N3O3S/c15-14(16,17)11-19-20-12(24-11)18-10(23)13-2-1-5(4-13)8-6(21)3-7(22)9(8)13/h1-2,5,8-9H,3-4H2,(H,18,20,23). The maximum absolute atomic E-state index is 12.7. The lowest BCUT2D eigenvalue weighted by Crippen LogP contribution is -2.41. The van der Waals surface area contributed by atoms with E-state index in [1.165, 1.54) is 0 Å². The number of nitrogens with one attached hydrogen (secondary N) is 1. The number of amides is 1. The van der Waals surface area contributed by atoms with Gasteiger partial charge in [0.15, 0.2) is 0 Å². The Hall–Kier alpha value is -2.10. The molecule has 1 heterocycles. The lowest BCUT2D eigenvalue weighted by atomic mass is 9.74. The molecule has 0 aliphatic heterocycles. The molecule has 1 N–H and O–H groups in total. The van der Waals surface area contributed by atoms with E-state index in [0.29, 0.717) is 6.42 Å². The van der Waals surface area contributed by atoms with E-state index in [-0.39, 0.29) is 40.4 Å². The molecule has 1 aromatic rings. The van der Waals surface area contributed by atoms with Gasteiger partial charge in [-0.15, -0.1) is 10.2 Å². The Morgan fingerprint density at radius 3 is 2.71 bits per heavy atom. The van der Waals surface area contributed by atoms with Gasteiger partial charge in [-0.2, -0.15) is 13.2 Å². The van der Waals surface area contributed by atoms with E-state index in [9.17, 15) is 27.6 Å². The highest BCUT2D eigenvalue weighted by atomic mass is 32.1. The molecule has 4 unspecified atom stereocenters. The molecular formula is C14H10F3N3O3S. The van der Waals surface area contributed by atoms with E-state index in [1.807, 2.05) is 0 Å². The minimum absolute atomic E-state index is 0.163. The number of carbonyl (C=O) groups is 3. The van der Waals surface area contributed by atoms with Gasteiger partial charge in [-0.25, -0.2) is 0 Å². The van der Waals surface area contributed by atoms with Gasteiger partial charge in [0.2, 0.25) is 16.0 Å². The summed E-state index contributed by atoms with van der Waals surface area (Å²) in [6.07, 6.45) is -1.14. The van der Waals surface area contributed by atoms with Gasteiger partial charge < -0.3 is 0 Å². The molecular weight excluding hydrogens is 347 g/mol. The molecule has 24 heavy (non-hydrogen) atoms. The number of nitrogens with zero attached hydrogens (tertiary/aromatic N) is 2. The van der Waals surface area contributed by atoms with E-state index in [0.717, 1.165) is 0 Å². The van der Waals surface area contributed by atoms with Crippen molar-refractivity contribution in [1.82, 2.24) is 10.2 Å². The van der Waals surface area contributed by atoms with Crippen LogP contribution in [0.1, 0.15) is 17.8 Å². The number of ketones is 2. The molecule has 1 aromatic heterocycles. The fraction of sp³-hybridized carbons (Fsp3) is 0.500. The molecule has 2 bridgehead atoms. The number of anilines is 1. The van der Waals surface area contributed by atoms with Crippen molar-refractivity contribution in [3.8, 4) is 0 Å². The Kier molecular flexibility index (Phi) is 3.03. The molecule has 0 saturated heterocycles. The zero-order chi connectivity index (χ0) is 17.3. The first kappa shape index (κ1) is 15.4. The lowest BCUT2D eigenvalue weighted by Gasteiger charge is -2.29. The number of rotatable bonds is 2. The maximum atomic E-state index is 12.7. The Balaban J connectivity index is 1.61. The van der Waals surface area contributed by atoms with Crippen LogP contribution in [0.25, 0.3) is 0 Å². The first-order valence-corrected chi connectivity index (χ1v) is 8.01. The predicted molar refractivity (Wildman–Crippen MR) is 74.8 cm³/mol. The molecule has 3 aliphatic carbocycles. The van der Waals surface area contributed by atoms with Crippen molar-refractivity contribution in [3.05, 3.63) is 17.2 Å². The summed E-state index contributed by atoms with van der Waals surface area (Å²) in [6, 6.07) is 0. The van der Waals surface area contributed by atoms with Crippen LogP contribution < -0.4 is 5.32 Å². The first-order valence-electron chi connectivity index (χ1n) is 7.19. The molecule has 1 amide bonds. The second-order valence-corrected chi connectivity index (χ2v) is 7.22. The van der Waals surface area contributed by atoms with Crippen LogP contribution in [0.4, 0.5) is 18.3 Å². The molecule has 4 atom stereocenters. The summed E-state index contributed by atoms with van der Waals surface area (Å²) >= 11 is 0.221. The number of fused-ring (bicyclic) bond motifs is 5. The van der Waals surface area contributed by atoms with E-state index in [1.54, 1.807) is 12.2 Å². The number of allylic oxidation sites excluding steroid dienone is 1. The average molecular weight is 357 g/mol. The van der Waals surface area contributed by atoms with Crippen molar-refractivity contribution in [2.75, 3.05) is 5.32 Å². The van der Waals surface area contributed by atoms with E-state index in [4.69, 9.17) is 0 Å². The zero-order valence-electron chi connectivity index (χ0n) is 12.0. The summed E-state index contributed by atoms with van der Waals surface area (Å²) < 4.78 is 37.7. The summed E-state index contributed by atoms with van der Waals surface area (Å²) in [7, 11) is 0. The number of carbonyl (C=O) groups excluding carboxylic acids is 3. The number of halogens is 3. The van der Waals surface area contributed by atoms with Crippen LogP contribution in [0, 0.1) is 23.2 Å². The number of aromatic nitrogens is 2. The number of hydrogen-bond donors (Lipinski definition) is 1. The van der Waals surface area contributed by atoms with E-state index >= 15 is 0 Å². The third-order valence-corrected chi connectivity index (χ3v) is 5.85. The maximum Gasteiger partial charge on any atom is 0.445 e. The molecule has 0 radical (unpaired) electrons. The van der Waals surface area contributed by atoms with Crippen molar-refractivity contribution in [1.29, 1.82) is 0 Å². The third kappa shape index (κ3) is 1.98. The highest BCUT2D eigenvalue weighted by Gasteiger charge is 2.66. The monoisotopic (exact) mass is 357 g/mol. The Morgan fingerprint density at radius 1 is 1.29 bits per heavy atom. The molecule has 6 nitrogen and oxygen atoms in total. The molecule has 0 aromatic carbocycles. The fourth-order valence-corrected chi connectivity index (χ4v) is 4.70. The normalized spacial score (nSPS) is 34.0. The summed E-state index contributed by atoms with van der Waals surface area (Å²) in [4.78, 5) is 36.8. The molecule has 2 fully saturated rings. The molecule has 126 valence electrons. The van der Waals surface area contributed by atoms with Crippen molar-refractivity contribution in [3.63, 3.8) is 0 Å². The van der Waals surface area contributed by atoms with E-state index in [2.05, 4.69) is 15.5 Å². The smallest absolute Gasteiger partial charge is 0.300 e. The van der Waals surface area contributed by atoms with Gasteiger partial charge in [0.05, 0.1) is 11.8 Å². The van der Waals surface area contributed by atoms with Crippen LogP contribution in [0.15, 0.2) is 12.2 Å². The van der Waals surface area contributed by atoms with Crippen LogP contribution in [0.5, 0.6) is 0 Å². The van der Waals surface area contributed by atoms with Crippen molar-refractivity contribution in [2.45, 2.75) is 19.0 Å². The van der Waals surface area contributed by atoms with Crippen molar-refractivity contribution >= 4 is 33.9 Å². The SMILES string of the molecule is O=C1CC(=O)C2C1C1C=CC2(C(=O)Nc2nnc(C(F)(F)F)s2)C1. The Labute approximate surface area is 137 Å². The molecule has 2 saturated carbocycles. The summed E-state index contributed by atoms with van der Waals surface area (Å²) in [6.45, 7) is 0. The Morgan fingerprint density at radius 2 is 2.04 bits per heavy atom. The van der Waals surface area contributed by atoms with Gasteiger partial charge in [0.25, 0.3) is 0 Å². The number of Topliss-reactive ketones (excluding diaryl/α,β-unsaturated/α-hetero) is 2. The van der Waals surface area contributed by atoms with Gasteiger partial charge in [-0.05, 0) is 12.3 Å². The molecule has 4 rings (SSSR count). The Bertz CT molecular complexity index is 803. The quantitative estimate of drug-likeness (QED) is 0.644. The first-order chi connectivity index (χ1) is 11.2. The molecule has 3 aliphatic rings. The van der Waals surface area contributed by atoms with Gasteiger partial charge in [-0.3, -0.25) is 19.7 Å². The van der Waals surface area contributed by atoms with Crippen LogP contribution in [0.2, 0.25) is 0 Å². The summed E-state index contributed by atoms with van der Waals surface area (Å²) in [5.74, 6) is -2.44. The van der Waals surface area contributed by atoms with Crippen LogP contribution in [-0.4, -0.2) is 27.7 Å². The second-order valence-electron chi connectivity index (χ2n) is 6.24. The third-order valence-electron chi connectivity index (χ3n) is 4.97. The largest absolute Gasteiger partial charge is 0.445 e. The van der Waals surface area contributed by atoms with Crippen molar-refractivity contribution in [2.24, 2.45) is 23.2 Å². The number of hydrogen-bond acceptors (Lipinski definition) is 6. The van der Waals surface area contributed by atoms with Crippen LogP contribution >= 0.6 is 11.3 Å². The van der Waals surface area contributed by atoms with Gasteiger partial charge in [0.1, 0.15) is 11.6 Å². The molecule has 0 spiro atoms. The number of alkyl halides is 3. The summed E-state index contributed by atoms with van der Waals surface area (Å²) in [5, 5.41) is 7.24. The van der Waals surface area contributed by atoms with Crippen molar-refractivity contribution < 1.29 is 27.6 Å². The predicted octanol–water partition coefficient (Wildman–Crippen LogP) is 1.85. The minimum Gasteiger partial charge on any atom is -0.300 e. The van der Waals surface area contributed by atoms with Gasteiger partial charge >= 0.3 is 6.18 Å². The molecule has 10 heteroatoms. The van der Waals surface area contributed by atoms with Gasteiger partial charge in [0, 0.05) is 11.8 Å². The fourth-order valence-electron chi connectivity index (χ4n) is 4.09. The minimum atomic E-state index is -4.64. The lowest BCUT2D eigenvalue weighted by molar-refractivity contribution is -0.138.